The quantitative estimate of drug-likeness (QED) is 0.482. The van der Waals surface area contributed by atoms with Crippen molar-refractivity contribution in [2.45, 2.75) is 19.4 Å². The second-order valence-corrected chi connectivity index (χ2v) is 2.40. The molecule has 0 amide bonds. The number of ether oxygens (including phenoxy) is 1. The van der Waals surface area contributed by atoms with Crippen molar-refractivity contribution in [1.29, 1.82) is 0 Å². The molecular weight excluding hydrogens is 144 g/mol. The Labute approximate surface area is 65.0 Å². The van der Waals surface area contributed by atoms with E-state index in [0.29, 0.717) is 12.0 Å². The smallest absolute Gasteiger partial charge is 0.338 e. The van der Waals surface area contributed by atoms with E-state index in [9.17, 15) is 9.90 Å². The van der Waals surface area contributed by atoms with E-state index in [1.54, 1.807) is 13.0 Å². The predicted octanol–water partition coefficient (Wildman–Crippen LogP) is 1.32. The SMILES string of the molecule is C=CCC1=C(O)[C@@H](C)OC1=O. The summed E-state index contributed by atoms with van der Waals surface area (Å²) in [5.41, 5.74) is 0.326. The molecule has 1 atom stereocenters. The van der Waals surface area contributed by atoms with Crippen molar-refractivity contribution in [3.8, 4) is 0 Å². The van der Waals surface area contributed by atoms with Crippen LogP contribution >= 0.6 is 0 Å². The molecule has 0 radical (unpaired) electrons. The van der Waals surface area contributed by atoms with Crippen LogP contribution in [0.25, 0.3) is 0 Å². The predicted molar refractivity (Wildman–Crippen MR) is 40.0 cm³/mol. The lowest BCUT2D eigenvalue weighted by molar-refractivity contribution is -0.139. The van der Waals surface area contributed by atoms with Gasteiger partial charge in [0.25, 0.3) is 0 Å². The van der Waals surface area contributed by atoms with Gasteiger partial charge in [0.05, 0.1) is 5.57 Å². The molecule has 11 heavy (non-hydrogen) atoms. The third-order valence-corrected chi connectivity index (χ3v) is 1.57. The van der Waals surface area contributed by atoms with Crippen LogP contribution in [0.15, 0.2) is 24.0 Å². The topological polar surface area (TPSA) is 46.5 Å². The van der Waals surface area contributed by atoms with Crippen molar-refractivity contribution in [1.82, 2.24) is 0 Å². The van der Waals surface area contributed by atoms with E-state index in [1.165, 1.54) is 0 Å². The van der Waals surface area contributed by atoms with Crippen LogP contribution in [0.3, 0.4) is 0 Å². The van der Waals surface area contributed by atoms with Gasteiger partial charge in [-0.25, -0.2) is 4.79 Å². The lowest BCUT2D eigenvalue weighted by Gasteiger charge is -1.99. The molecule has 1 aliphatic rings. The maximum Gasteiger partial charge on any atom is 0.338 e. The first-order chi connectivity index (χ1) is 5.16. The van der Waals surface area contributed by atoms with E-state index in [4.69, 9.17) is 4.74 Å². The van der Waals surface area contributed by atoms with Crippen molar-refractivity contribution >= 4 is 5.97 Å². The van der Waals surface area contributed by atoms with Crippen molar-refractivity contribution in [2.75, 3.05) is 0 Å². The molecule has 3 nitrogen and oxygen atoms in total. The summed E-state index contributed by atoms with van der Waals surface area (Å²) < 4.78 is 4.73. The van der Waals surface area contributed by atoms with Gasteiger partial charge in [0, 0.05) is 6.42 Å². The lowest BCUT2D eigenvalue weighted by Crippen LogP contribution is -2.05. The molecule has 0 saturated carbocycles. The Morgan fingerprint density at radius 3 is 2.82 bits per heavy atom. The third kappa shape index (κ3) is 1.27. The van der Waals surface area contributed by atoms with E-state index in [2.05, 4.69) is 6.58 Å². The maximum atomic E-state index is 10.9. The summed E-state index contributed by atoms with van der Waals surface area (Å²) in [7, 11) is 0. The Morgan fingerprint density at radius 1 is 1.82 bits per heavy atom. The number of hydrogen-bond acceptors (Lipinski definition) is 3. The molecule has 0 saturated heterocycles. The zero-order chi connectivity index (χ0) is 8.43. The Hall–Kier alpha value is -1.25. The number of carbonyl (C=O) groups excluding carboxylic acids is 1. The number of rotatable bonds is 2. The lowest BCUT2D eigenvalue weighted by atomic mass is 10.1. The summed E-state index contributed by atoms with van der Waals surface area (Å²) >= 11 is 0. The van der Waals surface area contributed by atoms with E-state index >= 15 is 0 Å². The molecule has 1 rings (SSSR count). The highest BCUT2D eigenvalue weighted by molar-refractivity contribution is 5.91. The average molecular weight is 154 g/mol. The number of hydrogen-bond donors (Lipinski definition) is 1. The number of aliphatic hydroxyl groups excluding tert-OH is 1. The molecule has 0 unspecified atom stereocenters. The standard InChI is InChI=1S/C8H10O3/c1-3-4-6-7(9)5(2)11-8(6)10/h3,5,9H,1,4H2,2H3/t5-/m1/s1. The molecule has 3 heteroatoms. The Morgan fingerprint density at radius 2 is 2.45 bits per heavy atom. The minimum absolute atomic E-state index is 0.0369. The number of esters is 1. The molecule has 1 aliphatic heterocycles. The summed E-state index contributed by atoms with van der Waals surface area (Å²) in [6.07, 6.45) is 1.44. The Bertz CT molecular complexity index is 227. The van der Waals surface area contributed by atoms with Crippen molar-refractivity contribution in [3.63, 3.8) is 0 Å². The summed E-state index contributed by atoms with van der Waals surface area (Å²) in [6.45, 7) is 5.09. The molecule has 0 spiro atoms. The molecular formula is C8H10O3. The van der Waals surface area contributed by atoms with Crippen molar-refractivity contribution < 1.29 is 14.6 Å². The van der Waals surface area contributed by atoms with Crippen LogP contribution in [0.4, 0.5) is 0 Å². The molecule has 1 heterocycles. The van der Waals surface area contributed by atoms with Crippen molar-refractivity contribution in [2.24, 2.45) is 0 Å². The van der Waals surface area contributed by atoms with E-state index in [-0.39, 0.29) is 5.76 Å². The van der Waals surface area contributed by atoms with Gasteiger partial charge in [-0.3, -0.25) is 0 Å². The first-order valence-corrected chi connectivity index (χ1v) is 3.40. The van der Waals surface area contributed by atoms with Crippen LogP contribution in [0.5, 0.6) is 0 Å². The highest BCUT2D eigenvalue weighted by Crippen LogP contribution is 2.22. The minimum Gasteiger partial charge on any atom is -0.508 e. The zero-order valence-electron chi connectivity index (χ0n) is 6.33. The Kier molecular flexibility index (Phi) is 1.98. The maximum absolute atomic E-state index is 10.9. The normalized spacial score (nSPS) is 23.7. The van der Waals surface area contributed by atoms with Gasteiger partial charge < -0.3 is 9.84 Å². The fourth-order valence-electron chi connectivity index (χ4n) is 0.970. The van der Waals surface area contributed by atoms with Gasteiger partial charge in [-0.1, -0.05) is 6.08 Å². The summed E-state index contributed by atoms with van der Waals surface area (Å²) in [4.78, 5) is 10.9. The number of allylic oxidation sites excluding steroid dienone is 1. The van der Waals surface area contributed by atoms with Crippen LogP contribution < -0.4 is 0 Å². The third-order valence-electron chi connectivity index (χ3n) is 1.57. The molecule has 0 aromatic rings. The van der Waals surface area contributed by atoms with Crippen LogP contribution in [-0.4, -0.2) is 17.2 Å². The minimum atomic E-state index is -0.488. The summed E-state index contributed by atoms with van der Waals surface area (Å²) in [6, 6.07) is 0. The highest BCUT2D eigenvalue weighted by Gasteiger charge is 2.29. The van der Waals surface area contributed by atoms with Gasteiger partial charge in [0.1, 0.15) is 5.76 Å². The van der Waals surface area contributed by atoms with Gasteiger partial charge in [-0.15, -0.1) is 6.58 Å². The van der Waals surface area contributed by atoms with E-state index in [0.717, 1.165) is 0 Å². The van der Waals surface area contributed by atoms with E-state index in [1.807, 2.05) is 0 Å². The molecule has 1 N–H and O–H groups in total. The summed E-state index contributed by atoms with van der Waals surface area (Å²) in [5, 5.41) is 9.25. The molecule has 0 aliphatic carbocycles. The molecule has 0 fully saturated rings. The van der Waals surface area contributed by atoms with E-state index < -0.39 is 12.1 Å². The van der Waals surface area contributed by atoms with Gasteiger partial charge in [0.15, 0.2) is 6.10 Å². The number of cyclic esters (lactones) is 1. The molecule has 60 valence electrons. The second-order valence-electron chi connectivity index (χ2n) is 2.40. The molecule has 0 aromatic carbocycles. The van der Waals surface area contributed by atoms with Gasteiger partial charge >= 0.3 is 5.97 Å². The van der Waals surface area contributed by atoms with Gasteiger partial charge in [-0.2, -0.15) is 0 Å². The molecule has 0 aromatic heterocycles. The summed E-state index contributed by atoms with van der Waals surface area (Å²) in [5.74, 6) is -0.398. The van der Waals surface area contributed by atoms with Gasteiger partial charge in [-0.05, 0) is 6.92 Å². The fourth-order valence-corrected chi connectivity index (χ4v) is 0.970. The van der Waals surface area contributed by atoms with Crippen LogP contribution in [0, 0.1) is 0 Å². The number of aliphatic hydroxyl groups is 1. The average Bonchev–Trinajstić information content (AvgIpc) is 2.17. The Balaban J connectivity index is 2.87. The second kappa shape index (κ2) is 2.78. The first-order valence-electron chi connectivity index (χ1n) is 3.40. The fraction of sp³-hybridized carbons (Fsp3) is 0.375. The van der Waals surface area contributed by atoms with Crippen LogP contribution in [0.2, 0.25) is 0 Å². The number of carbonyl (C=O) groups is 1. The molecule has 0 bridgehead atoms. The highest BCUT2D eigenvalue weighted by atomic mass is 16.6. The zero-order valence-corrected chi connectivity index (χ0v) is 6.33. The van der Waals surface area contributed by atoms with Crippen LogP contribution in [-0.2, 0) is 9.53 Å². The first kappa shape index (κ1) is 7.85. The van der Waals surface area contributed by atoms with Crippen molar-refractivity contribution in [3.05, 3.63) is 24.0 Å². The van der Waals surface area contributed by atoms with Gasteiger partial charge in [0.2, 0.25) is 0 Å². The van der Waals surface area contributed by atoms with Crippen LogP contribution in [0.1, 0.15) is 13.3 Å². The monoisotopic (exact) mass is 154 g/mol. The largest absolute Gasteiger partial charge is 0.508 e.